The van der Waals surface area contributed by atoms with Crippen LogP contribution < -0.4 is 20.7 Å². The van der Waals surface area contributed by atoms with E-state index < -0.39 is 6.03 Å². The third-order valence-electron chi connectivity index (χ3n) is 4.13. The third-order valence-corrected chi connectivity index (χ3v) is 4.94. The molecule has 4 amide bonds. The summed E-state index contributed by atoms with van der Waals surface area (Å²) < 4.78 is 5.75. The van der Waals surface area contributed by atoms with Gasteiger partial charge in [-0.2, -0.15) is 0 Å². The molecular weight excluding hydrogens is 378 g/mol. The molecule has 0 aromatic heterocycles. The molecule has 1 aliphatic rings. The highest BCUT2D eigenvalue weighted by atomic mass is 32.2. The molecule has 2 aromatic carbocycles. The van der Waals surface area contributed by atoms with Crippen LogP contribution in [0.15, 0.2) is 53.4 Å². The lowest BCUT2D eigenvalue weighted by Crippen LogP contribution is -2.31. The molecular formula is C20H19N3O4S. The molecule has 1 aliphatic heterocycles. The van der Waals surface area contributed by atoms with Crippen LogP contribution in [-0.2, 0) is 11.2 Å². The van der Waals surface area contributed by atoms with Crippen molar-refractivity contribution in [1.29, 1.82) is 0 Å². The van der Waals surface area contributed by atoms with E-state index >= 15 is 0 Å². The van der Waals surface area contributed by atoms with Gasteiger partial charge in [-0.15, -0.1) is 0 Å². The highest BCUT2D eigenvalue weighted by Crippen LogP contribution is 2.26. The number of nitrogens with one attached hydrogen (secondary N) is 1. The van der Waals surface area contributed by atoms with Crippen molar-refractivity contribution in [1.82, 2.24) is 5.32 Å². The van der Waals surface area contributed by atoms with E-state index in [2.05, 4.69) is 5.32 Å². The summed E-state index contributed by atoms with van der Waals surface area (Å²) in [6, 6.07) is 14.3. The predicted octanol–water partition coefficient (Wildman–Crippen LogP) is 3.15. The molecule has 0 spiro atoms. The minimum absolute atomic E-state index is 0.356. The molecule has 0 radical (unpaired) electrons. The van der Waals surface area contributed by atoms with Gasteiger partial charge >= 0.3 is 6.03 Å². The van der Waals surface area contributed by atoms with Crippen LogP contribution in [0.1, 0.15) is 11.1 Å². The number of benzene rings is 2. The minimum atomic E-state index is -0.506. The monoisotopic (exact) mass is 397 g/mol. The van der Waals surface area contributed by atoms with E-state index in [1.807, 2.05) is 48.5 Å². The molecule has 7 nitrogen and oxygen atoms in total. The summed E-state index contributed by atoms with van der Waals surface area (Å²) in [7, 11) is 1.62. The summed E-state index contributed by atoms with van der Waals surface area (Å²) in [6.07, 6.45) is 2.38. The Bertz CT molecular complexity index is 923. The summed E-state index contributed by atoms with van der Waals surface area (Å²) in [5.74, 6) is 0.343. The van der Waals surface area contributed by atoms with Gasteiger partial charge in [0.05, 0.1) is 11.5 Å². The van der Waals surface area contributed by atoms with E-state index in [4.69, 9.17) is 10.5 Å². The molecule has 0 atom stereocenters. The molecule has 2 aromatic rings. The van der Waals surface area contributed by atoms with Gasteiger partial charge < -0.3 is 10.5 Å². The number of carbonyl (C=O) groups excluding carboxylic acids is 3. The van der Waals surface area contributed by atoms with Crippen LogP contribution in [0.4, 0.5) is 15.3 Å². The van der Waals surface area contributed by atoms with Crippen molar-refractivity contribution < 1.29 is 19.1 Å². The highest BCUT2D eigenvalue weighted by molar-refractivity contribution is 8.18. The Morgan fingerprint density at radius 2 is 1.82 bits per heavy atom. The lowest BCUT2D eigenvalue weighted by atomic mass is 10.1. The van der Waals surface area contributed by atoms with Crippen molar-refractivity contribution in [3.8, 4) is 5.75 Å². The first-order chi connectivity index (χ1) is 13.4. The summed E-state index contributed by atoms with van der Waals surface area (Å²) in [5, 5.41) is 1.87. The van der Waals surface area contributed by atoms with E-state index in [9.17, 15) is 14.4 Å². The number of nitrogens with zero attached hydrogens (tertiary/aromatic N) is 1. The van der Waals surface area contributed by atoms with Gasteiger partial charge in [-0.1, -0.05) is 24.3 Å². The fourth-order valence-electron chi connectivity index (χ4n) is 2.53. The van der Waals surface area contributed by atoms with E-state index in [0.29, 0.717) is 23.7 Å². The van der Waals surface area contributed by atoms with E-state index in [1.165, 1.54) is 4.90 Å². The Labute approximate surface area is 166 Å². The Morgan fingerprint density at radius 3 is 2.39 bits per heavy atom. The number of carbonyl (C=O) groups is 3. The lowest BCUT2D eigenvalue weighted by Gasteiger charge is -2.14. The zero-order chi connectivity index (χ0) is 20.1. The van der Waals surface area contributed by atoms with Gasteiger partial charge in [0.15, 0.2) is 0 Å². The zero-order valence-corrected chi connectivity index (χ0v) is 16.0. The average molecular weight is 397 g/mol. The third kappa shape index (κ3) is 4.92. The molecule has 28 heavy (non-hydrogen) atoms. The fourth-order valence-corrected chi connectivity index (χ4v) is 3.22. The SMILES string of the molecule is CN(C(N)=O)c1ccc(CCOc2ccc(C=C3SC(=O)NC3=O)cc2)cc1. The first kappa shape index (κ1) is 19.5. The van der Waals surface area contributed by atoms with Gasteiger partial charge in [0.2, 0.25) is 0 Å². The van der Waals surface area contributed by atoms with Crippen LogP contribution in [0.3, 0.4) is 0 Å². The Hall–Kier alpha value is -3.26. The molecule has 0 aliphatic carbocycles. The second kappa shape index (κ2) is 8.62. The summed E-state index contributed by atoms with van der Waals surface area (Å²) in [5.41, 5.74) is 7.88. The van der Waals surface area contributed by atoms with E-state index in [-0.39, 0.29) is 11.1 Å². The highest BCUT2D eigenvalue weighted by Gasteiger charge is 2.24. The maximum absolute atomic E-state index is 11.6. The number of rotatable bonds is 6. The molecule has 8 heteroatoms. The fraction of sp³-hybridized carbons (Fsp3) is 0.150. The molecule has 3 N–H and O–H groups in total. The summed E-state index contributed by atoms with van der Waals surface area (Å²) >= 11 is 0.890. The first-order valence-electron chi connectivity index (χ1n) is 8.52. The predicted molar refractivity (Wildman–Crippen MR) is 109 cm³/mol. The van der Waals surface area contributed by atoms with Crippen LogP contribution in [0.25, 0.3) is 6.08 Å². The van der Waals surface area contributed by atoms with Crippen molar-refractivity contribution in [3.63, 3.8) is 0 Å². The van der Waals surface area contributed by atoms with Gasteiger partial charge in [-0.05, 0) is 53.2 Å². The number of nitrogens with two attached hydrogens (primary N) is 1. The van der Waals surface area contributed by atoms with Crippen molar-refractivity contribution >= 4 is 40.7 Å². The van der Waals surface area contributed by atoms with Gasteiger partial charge in [0.25, 0.3) is 11.1 Å². The minimum Gasteiger partial charge on any atom is -0.493 e. The molecule has 1 heterocycles. The number of anilines is 1. The van der Waals surface area contributed by atoms with Gasteiger partial charge in [0.1, 0.15) is 5.75 Å². The van der Waals surface area contributed by atoms with E-state index in [1.54, 1.807) is 13.1 Å². The molecule has 144 valence electrons. The zero-order valence-electron chi connectivity index (χ0n) is 15.2. The summed E-state index contributed by atoms with van der Waals surface area (Å²) in [4.78, 5) is 35.6. The number of ether oxygens (including phenoxy) is 1. The Kier molecular flexibility index (Phi) is 6.00. The summed E-state index contributed by atoms with van der Waals surface area (Å²) in [6.45, 7) is 0.498. The van der Waals surface area contributed by atoms with Crippen molar-refractivity contribution in [2.24, 2.45) is 5.73 Å². The number of thioether (sulfide) groups is 1. The van der Waals surface area contributed by atoms with Crippen molar-refractivity contribution in [3.05, 3.63) is 64.6 Å². The number of hydrogen-bond acceptors (Lipinski definition) is 5. The average Bonchev–Trinajstić information content (AvgIpc) is 3.00. The van der Waals surface area contributed by atoms with Gasteiger partial charge in [-0.3, -0.25) is 19.8 Å². The maximum atomic E-state index is 11.6. The number of hydrogen-bond donors (Lipinski definition) is 2. The lowest BCUT2D eigenvalue weighted by molar-refractivity contribution is -0.115. The standard InChI is InChI=1S/C20H19N3O4S/c1-23(19(21)25)15-6-2-13(3-7-15)10-11-27-16-8-4-14(5-9-16)12-17-18(24)22-20(26)28-17/h2-9,12H,10-11H2,1H3,(H2,21,25)(H,22,24,26). The first-order valence-corrected chi connectivity index (χ1v) is 9.34. The van der Waals surface area contributed by atoms with Crippen molar-refractivity contribution in [2.45, 2.75) is 6.42 Å². The quantitative estimate of drug-likeness (QED) is 0.729. The van der Waals surface area contributed by atoms with E-state index in [0.717, 1.165) is 28.6 Å². The smallest absolute Gasteiger partial charge is 0.318 e. The largest absolute Gasteiger partial charge is 0.493 e. The van der Waals surface area contributed by atoms with Crippen molar-refractivity contribution in [2.75, 3.05) is 18.6 Å². The van der Waals surface area contributed by atoms with Crippen LogP contribution in [0.2, 0.25) is 0 Å². The Morgan fingerprint density at radius 1 is 1.14 bits per heavy atom. The molecule has 1 saturated heterocycles. The topological polar surface area (TPSA) is 102 Å². The van der Waals surface area contributed by atoms with Crippen LogP contribution in [0, 0.1) is 0 Å². The number of urea groups is 1. The number of amides is 4. The number of primary amides is 1. The molecule has 0 saturated carbocycles. The molecule has 3 rings (SSSR count). The maximum Gasteiger partial charge on any atom is 0.318 e. The molecule has 1 fully saturated rings. The normalized spacial score (nSPS) is 14.8. The van der Waals surface area contributed by atoms with Gasteiger partial charge in [0, 0.05) is 19.2 Å². The second-order valence-corrected chi connectivity index (χ2v) is 7.10. The van der Waals surface area contributed by atoms with Crippen LogP contribution >= 0.6 is 11.8 Å². The molecule has 0 unspecified atom stereocenters. The Balaban J connectivity index is 1.51. The molecule has 0 bridgehead atoms. The van der Waals surface area contributed by atoms with Gasteiger partial charge in [-0.25, -0.2) is 4.79 Å². The number of imide groups is 1. The van der Waals surface area contributed by atoms with Crippen LogP contribution in [-0.4, -0.2) is 30.8 Å². The van der Waals surface area contributed by atoms with Crippen LogP contribution in [0.5, 0.6) is 5.75 Å². The second-order valence-electron chi connectivity index (χ2n) is 6.08.